The zero-order valence-corrected chi connectivity index (χ0v) is 16.4. The van der Waals surface area contributed by atoms with E-state index in [1.807, 2.05) is 13.8 Å². The summed E-state index contributed by atoms with van der Waals surface area (Å²) in [6.07, 6.45) is 7.90. The molecular weight excluding hydrogens is 391 g/mol. The maximum Gasteiger partial charge on any atom is 0.321 e. The Labute approximate surface area is 148 Å². The number of alkyl halides is 1. The molecule has 2 rings (SSSR count). The SMILES string of the molecule is CCC(C)(I)C(=O)OCC1(CO)CCC2CC(C)CCC2C1. The van der Waals surface area contributed by atoms with Crippen molar-refractivity contribution in [2.75, 3.05) is 13.2 Å². The van der Waals surface area contributed by atoms with E-state index in [9.17, 15) is 9.90 Å². The smallest absolute Gasteiger partial charge is 0.321 e. The molecule has 2 aliphatic carbocycles. The lowest BCUT2D eigenvalue weighted by Gasteiger charge is -2.47. The van der Waals surface area contributed by atoms with Crippen LogP contribution in [0.5, 0.6) is 0 Å². The summed E-state index contributed by atoms with van der Waals surface area (Å²) < 4.78 is 5.17. The van der Waals surface area contributed by atoms with Gasteiger partial charge in [-0.15, -0.1) is 0 Å². The minimum Gasteiger partial charge on any atom is -0.464 e. The highest BCUT2D eigenvalue weighted by atomic mass is 127. The van der Waals surface area contributed by atoms with Crippen LogP contribution < -0.4 is 0 Å². The Kier molecular flexibility index (Phi) is 6.20. The lowest BCUT2D eigenvalue weighted by atomic mass is 9.60. The fourth-order valence-corrected chi connectivity index (χ4v) is 4.32. The van der Waals surface area contributed by atoms with Gasteiger partial charge in [-0.1, -0.05) is 42.9 Å². The monoisotopic (exact) mass is 422 g/mol. The molecule has 2 aliphatic rings. The molecule has 2 saturated carbocycles. The Bertz CT molecular complexity index is 396. The number of ether oxygens (including phenoxy) is 1. The van der Waals surface area contributed by atoms with Gasteiger partial charge in [-0.2, -0.15) is 0 Å². The van der Waals surface area contributed by atoms with Crippen molar-refractivity contribution in [3.63, 3.8) is 0 Å². The van der Waals surface area contributed by atoms with Crippen molar-refractivity contribution >= 4 is 28.6 Å². The fourth-order valence-electron chi connectivity index (χ4n) is 4.17. The van der Waals surface area contributed by atoms with Gasteiger partial charge in [0.05, 0.1) is 13.2 Å². The number of fused-ring (bicyclic) bond motifs is 1. The first-order valence-electron chi connectivity index (χ1n) is 8.79. The summed E-state index contributed by atoms with van der Waals surface area (Å²) in [5, 5.41) is 9.96. The largest absolute Gasteiger partial charge is 0.464 e. The summed E-state index contributed by atoms with van der Waals surface area (Å²) in [5.74, 6) is 2.25. The third-order valence-corrected chi connectivity index (χ3v) is 7.28. The predicted molar refractivity (Wildman–Crippen MR) is 97.0 cm³/mol. The molecule has 5 unspecified atom stereocenters. The van der Waals surface area contributed by atoms with Gasteiger partial charge in [-0.05, 0) is 63.2 Å². The lowest BCUT2D eigenvalue weighted by molar-refractivity contribution is -0.153. The molecule has 0 aromatic carbocycles. The summed E-state index contributed by atoms with van der Waals surface area (Å²) in [6, 6.07) is 0. The van der Waals surface area contributed by atoms with Gasteiger partial charge in [-0.25, -0.2) is 0 Å². The van der Waals surface area contributed by atoms with Crippen LogP contribution in [0.3, 0.4) is 0 Å². The van der Waals surface area contributed by atoms with Crippen LogP contribution in [0.4, 0.5) is 0 Å². The third kappa shape index (κ3) is 4.16. The van der Waals surface area contributed by atoms with Crippen LogP contribution in [0.2, 0.25) is 0 Å². The molecule has 0 spiro atoms. The van der Waals surface area contributed by atoms with E-state index in [4.69, 9.17) is 4.74 Å². The summed E-state index contributed by atoms with van der Waals surface area (Å²) in [7, 11) is 0. The predicted octanol–water partition coefficient (Wildman–Crippen LogP) is 4.35. The Hall–Kier alpha value is 0.160. The summed E-state index contributed by atoms with van der Waals surface area (Å²) in [6.45, 7) is 6.81. The Morgan fingerprint density at radius 3 is 2.73 bits per heavy atom. The molecule has 0 heterocycles. The molecule has 0 saturated heterocycles. The molecule has 1 N–H and O–H groups in total. The number of aliphatic hydroxyl groups excluding tert-OH is 1. The second-order valence-corrected chi connectivity index (χ2v) is 10.3. The van der Waals surface area contributed by atoms with Gasteiger partial charge >= 0.3 is 5.97 Å². The number of halogens is 1. The highest BCUT2D eigenvalue weighted by Crippen LogP contribution is 2.49. The highest BCUT2D eigenvalue weighted by Gasteiger charge is 2.43. The van der Waals surface area contributed by atoms with Gasteiger partial charge in [0.25, 0.3) is 0 Å². The standard InChI is InChI=1S/C18H31IO3/c1-4-17(3,19)16(21)22-12-18(11-20)8-7-14-9-13(2)5-6-15(14)10-18/h13-15,20H,4-12H2,1-3H3. The normalized spacial score (nSPS) is 38.0. The molecule has 22 heavy (non-hydrogen) atoms. The Morgan fingerprint density at radius 2 is 2.09 bits per heavy atom. The molecule has 128 valence electrons. The number of aliphatic hydroxyl groups is 1. The first-order valence-corrected chi connectivity index (χ1v) is 9.87. The maximum absolute atomic E-state index is 12.2. The molecule has 2 fully saturated rings. The average molecular weight is 422 g/mol. The fraction of sp³-hybridized carbons (Fsp3) is 0.944. The molecule has 0 amide bonds. The number of hydrogen-bond donors (Lipinski definition) is 1. The quantitative estimate of drug-likeness (QED) is 0.407. The summed E-state index contributed by atoms with van der Waals surface area (Å²) in [4.78, 5) is 12.2. The van der Waals surface area contributed by atoms with Gasteiger partial charge < -0.3 is 9.84 Å². The first kappa shape index (κ1) is 18.5. The van der Waals surface area contributed by atoms with Gasteiger partial charge in [0.2, 0.25) is 0 Å². The maximum atomic E-state index is 12.2. The van der Waals surface area contributed by atoms with Gasteiger partial charge in [0.15, 0.2) is 0 Å². The Balaban J connectivity index is 1.95. The van der Waals surface area contributed by atoms with Crippen LogP contribution in [0.15, 0.2) is 0 Å². The molecule has 0 aromatic rings. The van der Waals surface area contributed by atoms with Crippen LogP contribution in [-0.2, 0) is 9.53 Å². The highest BCUT2D eigenvalue weighted by molar-refractivity contribution is 14.1. The number of carbonyl (C=O) groups is 1. The number of hydrogen-bond acceptors (Lipinski definition) is 3. The minimum atomic E-state index is -0.453. The van der Waals surface area contributed by atoms with E-state index in [0.29, 0.717) is 12.5 Å². The average Bonchev–Trinajstić information content (AvgIpc) is 2.52. The lowest BCUT2D eigenvalue weighted by Crippen LogP contribution is -2.43. The second kappa shape index (κ2) is 7.37. The molecule has 0 aromatic heterocycles. The number of carbonyl (C=O) groups excluding carboxylic acids is 1. The summed E-state index contributed by atoms with van der Waals surface area (Å²) in [5.41, 5.74) is -0.197. The van der Waals surface area contributed by atoms with Crippen molar-refractivity contribution in [3.8, 4) is 0 Å². The molecule has 0 bridgehead atoms. The molecule has 3 nitrogen and oxygen atoms in total. The van der Waals surface area contributed by atoms with Crippen molar-refractivity contribution in [3.05, 3.63) is 0 Å². The molecular formula is C18H31IO3. The molecule has 4 heteroatoms. The molecule has 0 aliphatic heterocycles. The van der Waals surface area contributed by atoms with Crippen molar-refractivity contribution in [1.29, 1.82) is 0 Å². The van der Waals surface area contributed by atoms with E-state index in [1.165, 1.54) is 25.7 Å². The van der Waals surface area contributed by atoms with Crippen LogP contribution in [0.25, 0.3) is 0 Å². The van der Waals surface area contributed by atoms with Crippen molar-refractivity contribution in [2.24, 2.45) is 23.2 Å². The zero-order valence-electron chi connectivity index (χ0n) is 14.2. The number of esters is 1. The van der Waals surface area contributed by atoms with E-state index in [-0.39, 0.29) is 18.0 Å². The van der Waals surface area contributed by atoms with E-state index >= 15 is 0 Å². The zero-order chi connectivity index (χ0) is 16.4. The van der Waals surface area contributed by atoms with Gasteiger partial charge in [0.1, 0.15) is 3.42 Å². The van der Waals surface area contributed by atoms with Crippen molar-refractivity contribution in [1.82, 2.24) is 0 Å². The van der Waals surface area contributed by atoms with Crippen LogP contribution in [-0.4, -0.2) is 27.7 Å². The van der Waals surface area contributed by atoms with Gasteiger partial charge in [0, 0.05) is 5.41 Å². The van der Waals surface area contributed by atoms with Gasteiger partial charge in [-0.3, -0.25) is 4.79 Å². The van der Waals surface area contributed by atoms with E-state index in [2.05, 4.69) is 29.5 Å². The third-order valence-electron chi connectivity index (χ3n) is 6.08. The van der Waals surface area contributed by atoms with E-state index in [1.54, 1.807) is 0 Å². The number of rotatable bonds is 5. The van der Waals surface area contributed by atoms with Crippen molar-refractivity contribution < 1.29 is 14.6 Å². The second-order valence-electron chi connectivity index (χ2n) is 7.97. The summed E-state index contributed by atoms with van der Waals surface area (Å²) >= 11 is 2.17. The first-order chi connectivity index (χ1) is 10.3. The molecule has 5 atom stereocenters. The minimum absolute atomic E-state index is 0.136. The van der Waals surface area contributed by atoms with E-state index < -0.39 is 3.42 Å². The topological polar surface area (TPSA) is 46.5 Å². The van der Waals surface area contributed by atoms with Crippen LogP contribution >= 0.6 is 22.6 Å². The molecule has 0 radical (unpaired) electrons. The van der Waals surface area contributed by atoms with E-state index in [0.717, 1.165) is 31.1 Å². The van der Waals surface area contributed by atoms with Crippen molar-refractivity contribution in [2.45, 2.75) is 69.1 Å². The van der Waals surface area contributed by atoms with Crippen LogP contribution in [0.1, 0.15) is 65.7 Å². The Morgan fingerprint density at radius 1 is 1.36 bits per heavy atom. The van der Waals surface area contributed by atoms with Crippen LogP contribution in [0, 0.1) is 23.2 Å².